The Kier molecular flexibility index (Phi) is 4.89. The van der Waals surface area contributed by atoms with Crippen molar-refractivity contribution in [3.05, 3.63) is 54.3 Å². The van der Waals surface area contributed by atoms with Gasteiger partial charge in [0, 0.05) is 11.6 Å². The predicted octanol–water partition coefficient (Wildman–Crippen LogP) is 4.57. The number of hydrogen-bond donors (Lipinski definition) is 2. The fourth-order valence-electron chi connectivity index (χ4n) is 4.09. The van der Waals surface area contributed by atoms with E-state index >= 15 is 0 Å². The summed E-state index contributed by atoms with van der Waals surface area (Å²) in [5, 5.41) is 8.66. The number of benzene rings is 2. The van der Waals surface area contributed by atoms with E-state index in [1.54, 1.807) is 17.9 Å². The van der Waals surface area contributed by atoms with Crippen LogP contribution in [0.4, 0.5) is 16.2 Å². The summed E-state index contributed by atoms with van der Waals surface area (Å²) < 4.78 is 20.9. The largest absolute Gasteiger partial charge is 0.497 e. The highest BCUT2D eigenvalue weighted by Crippen LogP contribution is 2.34. The first-order chi connectivity index (χ1) is 15.1. The third-order valence-electron chi connectivity index (χ3n) is 5.67. The van der Waals surface area contributed by atoms with Gasteiger partial charge in [0.25, 0.3) is 0 Å². The molecule has 0 amide bonds. The van der Waals surface area contributed by atoms with E-state index in [-0.39, 0.29) is 5.82 Å². The first-order valence-electron chi connectivity index (χ1n) is 10.4. The van der Waals surface area contributed by atoms with E-state index in [2.05, 4.69) is 15.4 Å². The van der Waals surface area contributed by atoms with Crippen LogP contribution in [0.2, 0.25) is 0 Å². The van der Waals surface area contributed by atoms with Crippen molar-refractivity contribution in [2.45, 2.75) is 31.7 Å². The zero-order chi connectivity index (χ0) is 21.4. The lowest BCUT2D eigenvalue weighted by Gasteiger charge is -2.13. The molecule has 4 aromatic rings. The Balaban J connectivity index is 1.68. The van der Waals surface area contributed by atoms with Gasteiger partial charge >= 0.3 is 0 Å². The van der Waals surface area contributed by atoms with E-state index in [1.807, 2.05) is 30.3 Å². The summed E-state index contributed by atoms with van der Waals surface area (Å²) in [6, 6.07) is 14.1. The molecule has 0 spiro atoms. The highest BCUT2D eigenvalue weighted by Gasteiger charge is 2.22. The molecular weight excluding hydrogens is 395 g/mol. The molecule has 8 heteroatoms. The molecule has 2 heterocycles. The van der Waals surface area contributed by atoms with Crippen LogP contribution in [0.5, 0.6) is 5.75 Å². The third-order valence-corrected chi connectivity index (χ3v) is 5.67. The maximum Gasteiger partial charge on any atom is 0.225 e. The van der Waals surface area contributed by atoms with E-state index < -0.39 is 0 Å². The Hall–Kier alpha value is -3.68. The summed E-state index contributed by atoms with van der Waals surface area (Å²) in [6.07, 6.45) is 4.55. The number of nitrogens with one attached hydrogen (secondary N) is 1. The lowest BCUT2D eigenvalue weighted by atomic mass is 10.1. The first kappa shape index (κ1) is 19.3. The van der Waals surface area contributed by atoms with Crippen molar-refractivity contribution in [3.63, 3.8) is 0 Å². The molecule has 1 saturated carbocycles. The SMILES string of the molecule is COc1ccc(-n2nc3nc(NC4CCCC4)nc(-c4cccc(F)c4)c3c2N)cc1. The second-order valence-electron chi connectivity index (χ2n) is 7.73. The van der Waals surface area contributed by atoms with Gasteiger partial charge in [-0.2, -0.15) is 4.98 Å². The highest BCUT2D eigenvalue weighted by atomic mass is 19.1. The molecule has 1 aliphatic rings. The van der Waals surface area contributed by atoms with Crippen LogP contribution in [0.25, 0.3) is 28.0 Å². The second-order valence-corrected chi connectivity index (χ2v) is 7.73. The number of nitrogens with two attached hydrogens (primary N) is 1. The summed E-state index contributed by atoms with van der Waals surface area (Å²) >= 11 is 0. The van der Waals surface area contributed by atoms with E-state index in [9.17, 15) is 4.39 Å². The molecule has 1 aliphatic carbocycles. The molecule has 7 nitrogen and oxygen atoms in total. The van der Waals surface area contributed by atoms with Crippen LogP contribution in [-0.2, 0) is 0 Å². The Labute approximate surface area is 179 Å². The van der Waals surface area contributed by atoms with Crippen LogP contribution in [0, 0.1) is 5.82 Å². The molecule has 5 rings (SSSR count). The van der Waals surface area contributed by atoms with Gasteiger partial charge in [-0.3, -0.25) is 0 Å². The molecule has 2 aromatic heterocycles. The van der Waals surface area contributed by atoms with Crippen LogP contribution in [0.3, 0.4) is 0 Å². The molecule has 0 aliphatic heterocycles. The van der Waals surface area contributed by atoms with Crippen molar-refractivity contribution >= 4 is 22.8 Å². The smallest absolute Gasteiger partial charge is 0.225 e. The van der Waals surface area contributed by atoms with Gasteiger partial charge in [0.1, 0.15) is 17.4 Å². The van der Waals surface area contributed by atoms with Gasteiger partial charge in [0.2, 0.25) is 5.95 Å². The summed E-state index contributed by atoms with van der Waals surface area (Å²) in [5.41, 5.74) is 8.92. The summed E-state index contributed by atoms with van der Waals surface area (Å²) in [6.45, 7) is 0. The molecule has 0 unspecified atom stereocenters. The molecule has 3 N–H and O–H groups in total. The topological polar surface area (TPSA) is 90.9 Å². The second kappa shape index (κ2) is 7.86. The van der Waals surface area contributed by atoms with Gasteiger partial charge in [-0.15, -0.1) is 5.10 Å². The van der Waals surface area contributed by atoms with Crippen molar-refractivity contribution < 1.29 is 9.13 Å². The number of nitrogens with zero attached hydrogens (tertiary/aromatic N) is 4. The van der Waals surface area contributed by atoms with Crippen LogP contribution in [-0.4, -0.2) is 32.9 Å². The Bertz CT molecular complexity index is 1230. The van der Waals surface area contributed by atoms with Gasteiger partial charge in [-0.25, -0.2) is 14.1 Å². The minimum atomic E-state index is -0.337. The number of fused-ring (bicyclic) bond motifs is 1. The third kappa shape index (κ3) is 3.65. The quantitative estimate of drug-likeness (QED) is 0.493. The number of methoxy groups -OCH3 is 1. The average molecular weight is 418 g/mol. The first-order valence-corrected chi connectivity index (χ1v) is 10.4. The van der Waals surface area contributed by atoms with Crippen molar-refractivity contribution in [2.75, 3.05) is 18.2 Å². The Morgan fingerprint density at radius 3 is 2.58 bits per heavy atom. The van der Waals surface area contributed by atoms with Crippen LogP contribution in [0.1, 0.15) is 25.7 Å². The fourth-order valence-corrected chi connectivity index (χ4v) is 4.09. The van der Waals surface area contributed by atoms with Gasteiger partial charge in [0.05, 0.1) is 23.9 Å². The highest BCUT2D eigenvalue weighted by molar-refractivity contribution is 5.99. The molecule has 158 valence electrons. The molecule has 2 aromatic carbocycles. The van der Waals surface area contributed by atoms with Gasteiger partial charge in [-0.05, 0) is 49.2 Å². The van der Waals surface area contributed by atoms with Crippen LogP contribution >= 0.6 is 0 Å². The van der Waals surface area contributed by atoms with E-state index in [4.69, 9.17) is 15.5 Å². The summed E-state index contributed by atoms with van der Waals surface area (Å²) in [4.78, 5) is 9.36. The number of anilines is 2. The minimum Gasteiger partial charge on any atom is -0.497 e. The molecule has 0 bridgehead atoms. The van der Waals surface area contributed by atoms with Crippen LogP contribution < -0.4 is 15.8 Å². The number of rotatable bonds is 5. The maximum atomic E-state index is 14.0. The molecule has 0 saturated heterocycles. The Morgan fingerprint density at radius 1 is 1.10 bits per heavy atom. The number of hydrogen-bond acceptors (Lipinski definition) is 6. The fraction of sp³-hybridized carbons (Fsp3) is 0.261. The van der Waals surface area contributed by atoms with Crippen molar-refractivity contribution in [1.29, 1.82) is 0 Å². The van der Waals surface area contributed by atoms with Gasteiger partial charge in [0.15, 0.2) is 5.65 Å². The lowest BCUT2D eigenvalue weighted by molar-refractivity contribution is 0.414. The van der Waals surface area contributed by atoms with Crippen molar-refractivity contribution in [1.82, 2.24) is 19.7 Å². The molecular formula is C23H23FN6O. The molecule has 31 heavy (non-hydrogen) atoms. The minimum absolute atomic E-state index is 0.332. The van der Waals surface area contributed by atoms with Crippen LogP contribution in [0.15, 0.2) is 48.5 Å². The van der Waals surface area contributed by atoms with Crippen molar-refractivity contribution in [3.8, 4) is 22.7 Å². The van der Waals surface area contributed by atoms with Gasteiger partial charge < -0.3 is 15.8 Å². The Morgan fingerprint density at radius 2 is 1.87 bits per heavy atom. The lowest BCUT2D eigenvalue weighted by Crippen LogP contribution is -2.17. The monoisotopic (exact) mass is 418 g/mol. The van der Waals surface area contributed by atoms with E-state index in [1.165, 1.54) is 25.0 Å². The molecule has 1 fully saturated rings. The molecule has 0 radical (unpaired) electrons. The standard InChI is InChI=1S/C23H23FN6O/c1-31-18-11-9-17(10-12-18)30-21(25)19-20(14-5-4-6-15(24)13-14)27-23(28-22(19)29-30)26-16-7-2-3-8-16/h4-6,9-13,16H,2-3,7-8,25H2,1H3,(H,26,28,29). The van der Waals surface area contributed by atoms with E-state index in [0.29, 0.717) is 40.1 Å². The average Bonchev–Trinajstić information content (AvgIpc) is 3.41. The summed E-state index contributed by atoms with van der Waals surface area (Å²) in [5.74, 6) is 1.28. The molecule has 0 atom stereocenters. The van der Waals surface area contributed by atoms with Crippen molar-refractivity contribution in [2.24, 2.45) is 0 Å². The number of ether oxygens (including phenoxy) is 1. The van der Waals surface area contributed by atoms with E-state index in [0.717, 1.165) is 24.3 Å². The number of aromatic nitrogens is 4. The number of nitrogen functional groups attached to an aromatic ring is 1. The normalized spacial score (nSPS) is 14.3. The van der Waals surface area contributed by atoms with Gasteiger partial charge in [-0.1, -0.05) is 25.0 Å². The summed E-state index contributed by atoms with van der Waals surface area (Å²) in [7, 11) is 1.62. The maximum absolute atomic E-state index is 14.0. The zero-order valence-corrected chi connectivity index (χ0v) is 17.2. The zero-order valence-electron chi connectivity index (χ0n) is 17.2. The number of halogens is 1. The predicted molar refractivity (Wildman–Crippen MR) is 119 cm³/mol.